The van der Waals surface area contributed by atoms with Crippen molar-refractivity contribution in [2.24, 2.45) is 5.73 Å². The molecular formula is C8H10BrN5O3. The van der Waals surface area contributed by atoms with Crippen LogP contribution in [0.25, 0.3) is 0 Å². The van der Waals surface area contributed by atoms with Gasteiger partial charge in [0, 0.05) is 19.3 Å². The number of aromatic nitrogens is 1. The number of carbonyl (C=O) groups is 1. The minimum Gasteiger partial charge on any atom is -0.377 e. The number of anilines is 1. The number of nitrogens with zero attached hydrogens (tertiary/aromatic N) is 2. The SMILES string of the molecule is NC(=O)NCCNc1c(Br)cncc1[N+](=O)[O-]. The molecule has 92 valence electrons. The van der Waals surface area contributed by atoms with Gasteiger partial charge in [-0.3, -0.25) is 15.1 Å². The predicted octanol–water partition coefficient (Wildman–Crippen LogP) is 0.833. The summed E-state index contributed by atoms with van der Waals surface area (Å²) >= 11 is 3.15. The van der Waals surface area contributed by atoms with Crippen molar-refractivity contribution in [1.29, 1.82) is 0 Å². The van der Waals surface area contributed by atoms with Gasteiger partial charge in [0.2, 0.25) is 0 Å². The maximum atomic E-state index is 10.7. The first-order chi connectivity index (χ1) is 8.02. The number of nitro groups is 1. The normalized spacial score (nSPS) is 9.71. The van der Waals surface area contributed by atoms with E-state index >= 15 is 0 Å². The molecule has 0 aromatic carbocycles. The number of amides is 2. The summed E-state index contributed by atoms with van der Waals surface area (Å²) in [5.74, 6) is 0. The number of hydrogen-bond acceptors (Lipinski definition) is 5. The highest BCUT2D eigenvalue weighted by molar-refractivity contribution is 9.10. The van der Waals surface area contributed by atoms with Crippen LogP contribution in [-0.2, 0) is 0 Å². The van der Waals surface area contributed by atoms with Crippen LogP contribution in [0, 0.1) is 10.1 Å². The molecule has 2 amide bonds. The molecule has 17 heavy (non-hydrogen) atoms. The third kappa shape index (κ3) is 3.87. The number of halogens is 1. The van der Waals surface area contributed by atoms with Crippen LogP contribution in [0.3, 0.4) is 0 Å². The molecule has 0 aliphatic rings. The van der Waals surface area contributed by atoms with E-state index in [1.54, 1.807) is 0 Å². The molecule has 0 bridgehead atoms. The van der Waals surface area contributed by atoms with Gasteiger partial charge in [0.1, 0.15) is 11.9 Å². The molecule has 0 spiro atoms. The summed E-state index contributed by atoms with van der Waals surface area (Å²) in [5.41, 5.74) is 5.05. The summed E-state index contributed by atoms with van der Waals surface area (Å²) in [5, 5.41) is 15.9. The van der Waals surface area contributed by atoms with E-state index in [2.05, 4.69) is 31.5 Å². The average molecular weight is 304 g/mol. The molecule has 0 aliphatic heterocycles. The lowest BCUT2D eigenvalue weighted by Gasteiger charge is -2.08. The lowest BCUT2D eigenvalue weighted by atomic mass is 10.3. The molecule has 8 nitrogen and oxygen atoms in total. The van der Waals surface area contributed by atoms with Gasteiger partial charge in [0.15, 0.2) is 0 Å². The van der Waals surface area contributed by atoms with Gasteiger partial charge < -0.3 is 16.4 Å². The Balaban J connectivity index is 2.69. The van der Waals surface area contributed by atoms with E-state index in [9.17, 15) is 14.9 Å². The second kappa shape index (κ2) is 5.99. The van der Waals surface area contributed by atoms with Crippen LogP contribution in [0.15, 0.2) is 16.9 Å². The quantitative estimate of drug-likeness (QED) is 0.422. The second-order valence-corrected chi connectivity index (χ2v) is 3.84. The van der Waals surface area contributed by atoms with Crippen LogP contribution in [0.5, 0.6) is 0 Å². The van der Waals surface area contributed by atoms with E-state index in [4.69, 9.17) is 5.73 Å². The molecule has 9 heteroatoms. The van der Waals surface area contributed by atoms with Crippen LogP contribution in [0.4, 0.5) is 16.2 Å². The van der Waals surface area contributed by atoms with Crippen LogP contribution < -0.4 is 16.4 Å². The number of primary amides is 1. The van der Waals surface area contributed by atoms with Crippen molar-refractivity contribution in [1.82, 2.24) is 10.3 Å². The Labute approximate surface area is 105 Å². The van der Waals surface area contributed by atoms with Crippen LogP contribution in [0.1, 0.15) is 0 Å². The molecule has 1 rings (SSSR count). The number of nitrogens with one attached hydrogen (secondary N) is 2. The molecule has 1 aromatic rings. The van der Waals surface area contributed by atoms with Crippen molar-refractivity contribution in [3.05, 3.63) is 27.0 Å². The Morgan fingerprint density at radius 2 is 2.24 bits per heavy atom. The summed E-state index contributed by atoms with van der Waals surface area (Å²) < 4.78 is 0.478. The van der Waals surface area contributed by atoms with Gasteiger partial charge in [-0.15, -0.1) is 0 Å². The monoisotopic (exact) mass is 303 g/mol. The minimum absolute atomic E-state index is 0.140. The van der Waals surface area contributed by atoms with Crippen molar-refractivity contribution in [3.8, 4) is 0 Å². The number of pyridine rings is 1. The van der Waals surface area contributed by atoms with E-state index in [0.29, 0.717) is 16.7 Å². The summed E-state index contributed by atoms with van der Waals surface area (Å²) in [7, 11) is 0. The average Bonchev–Trinajstić information content (AvgIpc) is 2.25. The Bertz CT molecular complexity index is 439. The Kier molecular flexibility index (Phi) is 4.64. The van der Waals surface area contributed by atoms with E-state index in [0.717, 1.165) is 6.20 Å². The molecule has 0 radical (unpaired) electrons. The van der Waals surface area contributed by atoms with Gasteiger partial charge in [-0.25, -0.2) is 4.79 Å². The number of hydrogen-bond donors (Lipinski definition) is 3. The molecule has 0 atom stereocenters. The molecular weight excluding hydrogens is 294 g/mol. The van der Waals surface area contributed by atoms with Crippen molar-refractivity contribution in [3.63, 3.8) is 0 Å². The summed E-state index contributed by atoms with van der Waals surface area (Å²) in [4.78, 5) is 24.3. The van der Waals surface area contributed by atoms with E-state index in [1.165, 1.54) is 6.20 Å². The fraction of sp³-hybridized carbons (Fsp3) is 0.250. The number of carbonyl (C=O) groups excluding carboxylic acids is 1. The van der Waals surface area contributed by atoms with E-state index in [-0.39, 0.29) is 12.2 Å². The Morgan fingerprint density at radius 1 is 1.53 bits per heavy atom. The Hall–Kier alpha value is -1.90. The van der Waals surface area contributed by atoms with Crippen LogP contribution in [0.2, 0.25) is 0 Å². The van der Waals surface area contributed by atoms with Gasteiger partial charge in [-0.1, -0.05) is 0 Å². The first-order valence-corrected chi connectivity index (χ1v) is 5.36. The Morgan fingerprint density at radius 3 is 2.82 bits per heavy atom. The van der Waals surface area contributed by atoms with Gasteiger partial charge in [0.25, 0.3) is 0 Å². The summed E-state index contributed by atoms with van der Waals surface area (Å²) in [6.45, 7) is 0.577. The lowest BCUT2D eigenvalue weighted by Crippen LogP contribution is -2.33. The smallest absolute Gasteiger partial charge is 0.312 e. The minimum atomic E-state index is -0.643. The molecule has 0 saturated heterocycles. The van der Waals surface area contributed by atoms with Gasteiger partial charge in [-0.2, -0.15) is 0 Å². The van der Waals surface area contributed by atoms with Crippen molar-refractivity contribution in [2.45, 2.75) is 0 Å². The third-order valence-corrected chi connectivity index (χ3v) is 2.40. The molecule has 0 saturated carbocycles. The van der Waals surface area contributed by atoms with Crippen LogP contribution >= 0.6 is 15.9 Å². The fourth-order valence-electron chi connectivity index (χ4n) is 1.11. The highest BCUT2D eigenvalue weighted by Gasteiger charge is 2.16. The summed E-state index contributed by atoms with van der Waals surface area (Å²) in [6, 6.07) is -0.643. The van der Waals surface area contributed by atoms with Gasteiger partial charge in [0.05, 0.1) is 9.40 Å². The summed E-state index contributed by atoms with van der Waals surface area (Å²) in [6.07, 6.45) is 2.59. The zero-order chi connectivity index (χ0) is 12.8. The highest BCUT2D eigenvalue weighted by Crippen LogP contribution is 2.30. The van der Waals surface area contributed by atoms with E-state index in [1.807, 2.05) is 0 Å². The number of rotatable bonds is 5. The first-order valence-electron chi connectivity index (χ1n) is 4.57. The van der Waals surface area contributed by atoms with E-state index < -0.39 is 11.0 Å². The molecule has 1 heterocycles. The van der Waals surface area contributed by atoms with Crippen molar-refractivity contribution in [2.75, 3.05) is 18.4 Å². The van der Waals surface area contributed by atoms with Crippen molar-refractivity contribution >= 4 is 33.3 Å². The lowest BCUT2D eigenvalue weighted by molar-refractivity contribution is -0.384. The molecule has 0 unspecified atom stereocenters. The molecule has 4 N–H and O–H groups in total. The fourth-order valence-corrected chi connectivity index (χ4v) is 1.57. The number of urea groups is 1. The predicted molar refractivity (Wildman–Crippen MR) is 64.7 cm³/mol. The largest absolute Gasteiger partial charge is 0.377 e. The second-order valence-electron chi connectivity index (χ2n) is 2.99. The zero-order valence-corrected chi connectivity index (χ0v) is 10.2. The number of nitrogens with two attached hydrogens (primary N) is 1. The van der Waals surface area contributed by atoms with Crippen LogP contribution in [-0.4, -0.2) is 29.0 Å². The third-order valence-electron chi connectivity index (χ3n) is 1.80. The molecule has 0 aliphatic carbocycles. The maximum Gasteiger partial charge on any atom is 0.312 e. The topological polar surface area (TPSA) is 123 Å². The van der Waals surface area contributed by atoms with Crippen molar-refractivity contribution < 1.29 is 9.72 Å². The standard InChI is InChI=1S/C8H10BrN5O3/c9-5-3-11-4-6(14(16)17)7(5)12-1-2-13-8(10)15/h3-4H,1-2H2,(H,11,12)(H3,10,13,15). The maximum absolute atomic E-state index is 10.7. The molecule has 1 aromatic heterocycles. The van der Waals surface area contributed by atoms with Gasteiger partial charge in [-0.05, 0) is 15.9 Å². The first kappa shape index (κ1) is 13.2. The highest BCUT2D eigenvalue weighted by atomic mass is 79.9. The van der Waals surface area contributed by atoms with Gasteiger partial charge >= 0.3 is 11.7 Å². The molecule has 0 fully saturated rings. The zero-order valence-electron chi connectivity index (χ0n) is 8.64.